The van der Waals surface area contributed by atoms with Crippen LogP contribution in [-0.4, -0.2) is 37.4 Å². The average molecular weight is 389 g/mol. The molecule has 0 radical (unpaired) electrons. The minimum absolute atomic E-state index is 0.0136. The fourth-order valence-corrected chi connectivity index (χ4v) is 3.29. The summed E-state index contributed by atoms with van der Waals surface area (Å²) >= 11 is 5.93. The first-order valence-corrected chi connectivity index (χ1v) is 8.47. The Kier molecular flexibility index (Phi) is 5.70. The van der Waals surface area contributed by atoms with Crippen molar-refractivity contribution in [2.75, 3.05) is 26.2 Å². The van der Waals surface area contributed by atoms with E-state index in [2.05, 4.69) is 15.0 Å². The predicted octanol–water partition coefficient (Wildman–Crippen LogP) is 4.37. The summed E-state index contributed by atoms with van der Waals surface area (Å²) < 4.78 is 55.6. The standard InChI is InChI=1S/C18H17ClF4N2O/c19-15-3-1-2-14(16(15)20)17(25-10-8-24-9-11-25)12-4-6-13(7-5-12)26-18(21,22)23/h1-7,17,24H,8-11H2/t17-/m0/s1. The summed E-state index contributed by atoms with van der Waals surface area (Å²) in [5, 5.41) is 3.24. The summed E-state index contributed by atoms with van der Waals surface area (Å²) in [4.78, 5) is 2.07. The minimum atomic E-state index is -4.75. The molecule has 1 aliphatic rings. The van der Waals surface area contributed by atoms with E-state index in [0.29, 0.717) is 24.2 Å². The number of benzene rings is 2. The van der Waals surface area contributed by atoms with Gasteiger partial charge in [0, 0.05) is 31.7 Å². The molecule has 1 fully saturated rings. The van der Waals surface area contributed by atoms with Gasteiger partial charge in [0.1, 0.15) is 11.6 Å². The van der Waals surface area contributed by atoms with Crippen molar-refractivity contribution in [3.05, 3.63) is 64.4 Å². The number of halogens is 5. The van der Waals surface area contributed by atoms with Crippen LogP contribution in [0.15, 0.2) is 42.5 Å². The maximum atomic E-state index is 14.6. The van der Waals surface area contributed by atoms with Gasteiger partial charge < -0.3 is 10.1 Å². The van der Waals surface area contributed by atoms with Crippen molar-refractivity contribution in [3.8, 4) is 5.75 Å². The Labute approximate surface area is 153 Å². The minimum Gasteiger partial charge on any atom is -0.406 e. The Bertz CT molecular complexity index is 746. The maximum absolute atomic E-state index is 14.6. The van der Waals surface area contributed by atoms with Gasteiger partial charge in [-0.15, -0.1) is 13.2 Å². The number of alkyl halides is 3. The van der Waals surface area contributed by atoms with Gasteiger partial charge in [0.05, 0.1) is 11.1 Å². The largest absolute Gasteiger partial charge is 0.573 e. The summed E-state index contributed by atoms with van der Waals surface area (Å²) in [6.07, 6.45) is -4.75. The Morgan fingerprint density at radius 2 is 1.69 bits per heavy atom. The number of nitrogens with zero attached hydrogens (tertiary/aromatic N) is 1. The van der Waals surface area contributed by atoms with E-state index >= 15 is 0 Å². The average Bonchev–Trinajstić information content (AvgIpc) is 2.60. The SMILES string of the molecule is Fc1c(Cl)cccc1[C@H](c1ccc(OC(F)(F)F)cc1)N1CCNCC1. The third-order valence-corrected chi connectivity index (χ3v) is 4.51. The van der Waals surface area contributed by atoms with Crippen LogP contribution in [0.3, 0.4) is 0 Å². The first-order valence-electron chi connectivity index (χ1n) is 8.09. The van der Waals surface area contributed by atoms with Gasteiger partial charge in [-0.3, -0.25) is 4.90 Å². The molecule has 0 saturated carbocycles. The van der Waals surface area contributed by atoms with E-state index in [-0.39, 0.29) is 10.8 Å². The van der Waals surface area contributed by atoms with E-state index in [4.69, 9.17) is 11.6 Å². The molecule has 0 unspecified atom stereocenters. The van der Waals surface area contributed by atoms with Crippen LogP contribution in [0.4, 0.5) is 17.6 Å². The highest BCUT2D eigenvalue weighted by molar-refractivity contribution is 6.30. The Balaban J connectivity index is 1.96. The van der Waals surface area contributed by atoms with Gasteiger partial charge in [-0.1, -0.05) is 35.9 Å². The lowest BCUT2D eigenvalue weighted by atomic mass is 9.96. The van der Waals surface area contributed by atoms with Crippen LogP contribution in [0.1, 0.15) is 17.2 Å². The van der Waals surface area contributed by atoms with Crippen molar-refractivity contribution >= 4 is 11.6 Å². The summed E-state index contributed by atoms with van der Waals surface area (Å²) in [5.41, 5.74) is 1.06. The van der Waals surface area contributed by atoms with Crippen LogP contribution in [0.25, 0.3) is 0 Å². The van der Waals surface area contributed by atoms with Gasteiger partial charge >= 0.3 is 6.36 Å². The van der Waals surface area contributed by atoms with E-state index in [1.165, 1.54) is 30.3 Å². The van der Waals surface area contributed by atoms with Crippen molar-refractivity contribution < 1.29 is 22.3 Å². The lowest BCUT2D eigenvalue weighted by Crippen LogP contribution is -2.45. The molecule has 3 rings (SSSR count). The quantitative estimate of drug-likeness (QED) is 0.787. The molecule has 0 aliphatic carbocycles. The monoisotopic (exact) mass is 388 g/mol. The topological polar surface area (TPSA) is 24.5 Å². The molecule has 0 amide bonds. The molecule has 1 saturated heterocycles. The molecule has 0 aromatic heterocycles. The highest BCUT2D eigenvalue weighted by Gasteiger charge is 2.31. The van der Waals surface area contributed by atoms with E-state index in [1.807, 2.05) is 0 Å². The smallest absolute Gasteiger partial charge is 0.406 e. The molecular formula is C18H17ClF4N2O. The Morgan fingerprint density at radius 3 is 2.31 bits per heavy atom. The van der Waals surface area contributed by atoms with Crippen molar-refractivity contribution in [2.45, 2.75) is 12.4 Å². The first-order chi connectivity index (χ1) is 12.3. The molecule has 1 N–H and O–H groups in total. The van der Waals surface area contributed by atoms with E-state index in [1.54, 1.807) is 12.1 Å². The summed E-state index contributed by atoms with van der Waals surface area (Å²) in [6, 6.07) is 9.85. The highest BCUT2D eigenvalue weighted by Crippen LogP contribution is 2.34. The molecule has 26 heavy (non-hydrogen) atoms. The number of ether oxygens (including phenoxy) is 1. The van der Waals surface area contributed by atoms with Gasteiger partial charge in [0.15, 0.2) is 0 Å². The van der Waals surface area contributed by atoms with Crippen molar-refractivity contribution in [2.24, 2.45) is 0 Å². The van der Waals surface area contributed by atoms with E-state index in [9.17, 15) is 17.6 Å². The van der Waals surface area contributed by atoms with Crippen LogP contribution >= 0.6 is 11.6 Å². The molecule has 2 aromatic carbocycles. The molecule has 0 spiro atoms. The zero-order chi connectivity index (χ0) is 18.7. The Morgan fingerprint density at radius 1 is 1.04 bits per heavy atom. The molecule has 1 atom stereocenters. The zero-order valence-electron chi connectivity index (χ0n) is 13.7. The summed E-state index contributed by atoms with van der Waals surface area (Å²) in [5.74, 6) is -0.833. The van der Waals surface area contributed by atoms with E-state index < -0.39 is 18.2 Å². The molecule has 1 heterocycles. The van der Waals surface area contributed by atoms with E-state index in [0.717, 1.165) is 13.1 Å². The molecule has 0 bridgehead atoms. The Hall–Kier alpha value is -1.83. The number of piperazine rings is 1. The third kappa shape index (κ3) is 4.47. The molecule has 1 aliphatic heterocycles. The maximum Gasteiger partial charge on any atom is 0.573 e. The van der Waals surface area contributed by atoms with Crippen LogP contribution in [0.5, 0.6) is 5.75 Å². The summed E-state index contributed by atoms with van der Waals surface area (Å²) in [7, 11) is 0. The van der Waals surface area contributed by atoms with Crippen LogP contribution < -0.4 is 10.1 Å². The van der Waals surface area contributed by atoms with Crippen LogP contribution in [0.2, 0.25) is 5.02 Å². The molecule has 140 valence electrons. The molecule has 2 aromatic rings. The fourth-order valence-electron chi connectivity index (χ4n) is 3.11. The van der Waals surface area contributed by atoms with Gasteiger partial charge in [-0.2, -0.15) is 0 Å². The van der Waals surface area contributed by atoms with Gasteiger partial charge in [0.2, 0.25) is 0 Å². The van der Waals surface area contributed by atoms with Gasteiger partial charge in [-0.05, 0) is 23.8 Å². The fraction of sp³-hybridized carbons (Fsp3) is 0.333. The second-order valence-corrected chi connectivity index (χ2v) is 6.36. The van der Waals surface area contributed by atoms with Crippen molar-refractivity contribution in [1.82, 2.24) is 10.2 Å². The summed E-state index contributed by atoms with van der Waals surface area (Å²) in [6.45, 7) is 2.84. The van der Waals surface area contributed by atoms with Crippen LogP contribution in [-0.2, 0) is 0 Å². The predicted molar refractivity (Wildman–Crippen MR) is 90.8 cm³/mol. The lowest BCUT2D eigenvalue weighted by Gasteiger charge is -2.35. The second kappa shape index (κ2) is 7.82. The second-order valence-electron chi connectivity index (χ2n) is 5.95. The molecule has 3 nitrogen and oxygen atoms in total. The normalized spacial score (nSPS) is 17.1. The third-order valence-electron chi connectivity index (χ3n) is 4.22. The number of hydrogen-bond donors (Lipinski definition) is 1. The number of nitrogens with one attached hydrogen (secondary N) is 1. The van der Waals surface area contributed by atoms with Crippen molar-refractivity contribution in [1.29, 1.82) is 0 Å². The first kappa shape index (κ1) is 18.9. The molecular weight excluding hydrogens is 372 g/mol. The van der Waals surface area contributed by atoms with Crippen molar-refractivity contribution in [3.63, 3.8) is 0 Å². The van der Waals surface area contributed by atoms with Gasteiger partial charge in [0.25, 0.3) is 0 Å². The lowest BCUT2D eigenvalue weighted by molar-refractivity contribution is -0.274. The zero-order valence-corrected chi connectivity index (χ0v) is 14.4. The van der Waals surface area contributed by atoms with Crippen LogP contribution in [0, 0.1) is 5.82 Å². The van der Waals surface area contributed by atoms with Gasteiger partial charge in [-0.25, -0.2) is 4.39 Å². The highest BCUT2D eigenvalue weighted by atomic mass is 35.5. The number of hydrogen-bond acceptors (Lipinski definition) is 3. The molecule has 8 heteroatoms. The number of rotatable bonds is 4.